The number of rotatable bonds is 3. The first kappa shape index (κ1) is 10.4. The molecule has 4 nitrogen and oxygen atoms in total. The molecule has 0 radical (unpaired) electrons. The van der Waals surface area contributed by atoms with E-state index in [0.29, 0.717) is 6.54 Å². The minimum absolute atomic E-state index is 0.434. The summed E-state index contributed by atoms with van der Waals surface area (Å²) in [6.07, 6.45) is -0.437. The van der Waals surface area contributed by atoms with Gasteiger partial charge in [-0.1, -0.05) is 12.1 Å². The summed E-state index contributed by atoms with van der Waals surface area (Å²) in [7, 11) is 2.94. The number of benzene rings is 1. The second kappa shape index (κ2) is 5.11. The molecule has 0 aliphatic heterocycles. The predicted octanol–water partition coefficient (Wildman–Crippen LogP) is 1.55. The molecule has 0 fully saturated rings. The highest BCUT2D eigenvalue weighted by molar-refractivity contribution is 5.66. The van der Waals surface area contributed by atoms with Gasteiger partial charge in [-0.2, -0.15) is 0 Å². The van der Waals surface area contributed by atoms with E-state index in [1.165, 1.54) is 7.11 Å². The molecule has 1 N–H and O–H groups in total. The van der Waals surface area contributed by atoms with E-state index >= 15 is 0 Å². The lowest BCUT2D eigenvalue weighted by Gasteiger charge is -2.05. The van der Waals surface area contributed by atoms with Crippen molar-refractivity contribution >= 4 is 6.09 Å². The van der Waals surface area contributed by atoms with Crippen molar-refractivity contribution in [3.05, 3.63) is 29.8 Å². The van der Waals surface area contributed by atoms with Crippen LogP contribution >= 0.6 is 0 Å². The normalized spacial score (nSPS) is 9.29. The van der Waals surface area contributed by atoms with Crippen LogP contribution in [0.1, 0.15) is 5.56 Å². The first-order chi connectivity index (χ1) is 6.76. The van der Waals surface area contributed by atoms with Crippen molar-refractivity contribution in [1.29, 1.82) is 0 Å². The smallest absolute Gasteiger partial charge is 0.407 e. The molecule has 0 spiro atoms. The number of nitrogens with one attached hydrogen (secondary N) is 1. The molecule has 0 aliphatic carbocycles. The summed E-state index contributed by atoms with van der Waals surface area (Å²) in [5.41, 5.74) is 0.967. The number of alkyl carbamates (subject to hydrolysis) is 1. The van der Waals surface area contributed by atoms with E-state index in [-0.39, 0.29) is 0 Å². The molecule has 0 saturated heterocycles. The van der Waals surface area contributed by atoms with Crippen LogP contribution in [0.25, 0.3) is 0 Å². The van der Waals surface area contributed by atoms with Gasteiger partial charge >= 0.3 is 6.09 Å². The third-order valence-corrected chi connectivity index (χ3v) is 1.76. The molecule has 1 aromatic carbocycles. The average Bonchev–Trinajstić information content (AvgIpc) is 2.26. The predicted molar refractivity (Wildman–Crippen MR) is 52.2 cm³/mol. The van der Waals surface area contributed by atoms with Gasteiger partial charge in [0, 0.05) is 6.54 Å². The molecule has 0 saturated carbocycles. The van der Waals surface area contributed by atoms with Crippen molar-refractivity contribution in [2.45, 2.75) is 6.54 Å². The fourth-order valence-corrected chi connectivity index (χ4v) is 1.03. The van der Waals surface area contributed by atoms with Crippen molar-refractivity contribution in [3.8, 4) is 5.75 Å². The maximum absolute atomic E-state index is 10.8. The van der Waals surface area contributed by atoms with Gasteiger partial charge < -0.3 is 14.8 Å². The number of methoxy groups -OCH3 is 2. The first-order valence-electron chi connectivity index (χ1n) is 4.21. The van der Waals surface area contributed by atoms with Crippen molar-refractivity contribution < 1.29 is 14.3 Å². The lowest BCUT2D eigenvalue weighted by atomic mass is 10.2. The van der Waals surface area contributed by atoms with E-state index in [0.717, 1.165) is 11.3 Å². The van der Waals surface area contributed by atoms with Crippen LogP contribution < -0.4 is 10.1 Å². The molecule has 0 aliphatic rings. The van der Waals surface area contributed by atoms with Crippen LogP contribution in [0, 0.1) is 0 Å². The fraction of sp³-hybridized carbons (Fsp3) is 0.300. The van der Waals surface area contributed by atoms with Crippen LogP contribution in [0.2, 0.25) is 0 Å². The van der Waals surface area contributed by atoms with E-state index in [1.807, 2.05) is 24.3 Å². The summed E-state index contributed by atoms with van der Waals surface area (Å²) in [6.45, 7) is 0.434. The average molecular weight is 195 g/mol. The van der Waals surface area contributed by atoms with Crippen molar-refractivity contribution in [2.75, 3.05) is 14.2 Å². The Hall–Kier alpha value is -1.71. The molecule has 0 bridgehead atoms. The Labute approximate surface area is 82.8 Å². The number of amides is 1. The van der Waals surface area contributed by atoms with E-state index in [2.05, 4.69) is 10.1 Å². The minimum atomic E-state index is -0.437. The van der Waals surface area contributed by atoms with Gasteiger partial charge in [0.05, 0.1) is 14.2 Å². The molecular formula is C10H13NO3. The van der Waals surface area contributed by atoms with Crippen LogP contribution in [-0.2, 0) is 11.3 Å². The quantitative estimate of drug-likeness (QED) is 0.796. The van der Waals surface area contributed by atoms with Crippen LogP contribution in [0.5, 0.6) is 5.75 Å². The molecule has 0 atom stereocenters. The summed E-state index contributed by atoms with van der Waals surface area (Å²) >= 11 is 0. The van der Waals surface area contributed by atoms with Gasteiger partial charge in [0.1, 0.15) is 5.75 Å². The van der Waals surface area contributed by atoms with Crippen LogP contribution in [0.4, 0.5) is 4.79 Å². The summed E-state index contributed by atoms with van der Waals surface area (Å²) in [5, 5.41) is 2.58. The molecule has 76 valence electrons. The Kier molecular flexibility index (Phi) is 3.79. The number of hydrogen-bond donors (Lipinski definition) is 1. The maximum Gasteiger partial charge on any atom is 0.407 e. The van der Waals surface area contributed by atoms with Crippen molar-refractivity contribution in [1.82, 2.24) is 5.32 Å². The second-order valence-electron chi connectivity index (χ2n) is 2.70. The SMILES string of the molecule is COC(=O)NCc1cccc(OC)c1. The number of ether oxygens (including phenoxy) is 2. The molecule has 1 rings (SSSR count). The fourth-order valence-electron chi connectivity index (χ4n) is 1.03. The van der Waals surface area contributed by atoms with Crippen molar-refractivity contribution in [3.63, 3.8) is 0 Å². The molecule has 4 heteroatoms. The van der Waals surface area contributed by atoms with Gasteiger partial charge in [-0.3, -0.25) is 0 Å². The monoisotopic (exact) mass is 195 g/mol. The van der Waals surface area contributed by atoms with Gasteiger partial charge in [0.2, 0.25) is 0 Å². The minimum Gasteiger partial charge on any atom is -0.497 e. The van der Waals surface area contributed by atoms with E-state index in [9.17, 15) is 4.79 Å². The maximum atomic E-state index is 10.8. The topological polar surface area (TPSA) is 47.6 Å². The van der Waals surface area contributed by atoms with Gasteiger partial charge in [0.15, 0.2) is 0 Å². The zero-order chi connectivity index (χ0) is 10.4. The molecule has 0 aromatic heterocycles. The van der Waals surface area contributed by atoms with Crippen LogP contribution in [0.3, 0.4) is 0 Å². The number of carbonyl (C=O) groups excluding carboxylic acids is 1. The highest BCUT2D eigenvalue weighted by Gasteiger charge is 1.99. The Morgan fingerprint density at radius 3 is 2.86 bits per heavy atom. The molecule has 0 heterocycles. The molecule has 14 heavy (non-hydrogen) atoms. The summed E-state index contributed by atoms with van der Waals surface area (Å²) in [4.78, 5) is 10.8. The van der Waals surface area contributed by atoms with Gasteiger partial charge in [-0.05, 0) is 17.7 Å². The Bertz CT molecular complexity index is 312. The highest BCUT2D eigenvalue weighted by Crippen LogP contribution is 2.11. The third kappa shape index (κ3) is 2.97. The Morgan fingerprint density at radius 2 is 2.21 bits per heavy atom. The Morgan fingerprint density at radius 1 is 1.43 bits per heavy atom. The van der Waals surface area contributed by atoms with Crippen LogP contribution in [-0.4, -0.2) is 20.3 Å². The van der Waals surface area contributed by atoms with E-state index < -0.39 is 6.09 Å². The summed E-state index contributed by atoms with van der Waals surface area (Å²) in [5.74, 6) is 0.772. The third-order valence-electron chi connectivity index (χ3n) is 1.76. The van der Waals surface area contributed by atoms with Gasteiger partial charge in [0.25, 0.3) is 0 Å². The molecular weight excluding hydrogens is 182 g/mol. The highest BCUT2D eigenvalue weighted by atomic mass is 16.5. The van der Waals surface area contributed by atoms with Gasteiger partial charge in [-0.15, -0.1) is 0 Å². The zero-order valence-corrected chi connectivity index (χ0v) is 8.24. The van der Waals surface area contributed by atoms with Gasteiger partial charge in [-0.25, -0.2) is 4.79 Å². The Balaban J connectivity index is 2.54. The first-order valence-corrected chi connectivity index (χ1v) is 4.21. The zero-order valence-electron chi connectivity index (χ0n) is 8.24. The van der Waals surface area contributed by atoms with E-state index in [1.54, 1.807) is 7.11 Å². The summed E-state index contributed by atoms with van der Waals surface area (Å²) < 4.78 is 9.49. The summed E-state index contributed by atoms with van der Waals surface area (Å²) in [6, 6.07) is 7.48. The largest absolute Gasteiger partial charge is 0.497 e. The molecule has 1 aromatic rings. The number of carbonyl (C=O) groups is 1. The molecule has 0 unspecified atom stereocenters. The number of hydrogen-bond acceptors (Lipinski definition) is 3. The lowest BCUT2D eigenvalue weighted by Crippen LogP contribution is -2.22. The second-order valence-corrected chi connectivity index (χ2v) is 2.70. The van der Waals surface area contributed by atoms with Crippen LogP contribution in [0.15, 0.2) is 24.3 Å². The molecule has 1 amide bonds. The lowest BCUT2D eigenvalue weighted by molar-refractivity contribution is 0.170. The standard InChI is InChI=1S/C10H13NO3/c1-13-9-5-3-4-8(6-9)7-11-10(12)14-2/h3-6H,7H2,1-2H3,(H,11,12). The van der Waals surface area contributed by atoms with Crippen molar-refractivity contribution in [2.24, 2.45) is 0 Å². The van der Waals surface area contributed by atoms with E-state index in [4.69, 9.17) is 4.74 Å².